The molecule has 1 fully saturated rings. The topological polar surface area (TPSA) is 32.8 Å². The summed E-state index contributed by atoms with van der Waals surface area (Å²) in [5, 5.41) is 2.69. The fourth-order valence-corrected chi connectivity index (χ4v) is 4.04. The Morgan fingerprint density at radius 3 is 2.62 bits per heavy atom. The van der Waals surface area contributed by atoms with Gasteiger partial charge in [-0.25, -0.2) is 0 Å². The van der Waals surface area contributed by atoms with Crippen LogP contribution in [0.2, 0.25) is 5.02 Å². The Labute approximate surface area is 151 Å². The maximum atomic E-state index is 12.6. The summed E-state index contributed by atoms with van der Waals surface area (Å²) in [6.07, 6.45) is 0. The molecule has 1 aromatic heterocycles. The lowest BCUT2D eigenvalue weighted by atomic mass is 10.1. The normalized spacial score (nSPS) is 15.5. The molecule has 1 aliphatic heterocycles. The number of carbonyl (C=O) groups is 1. The molecule has 6 heteroatoms. The first-order chi connectivity index (χ1) is 11.6. The van der Waals surface area contributed by atoms with Gasteiger partial charge in [0.2, 0.25) is 0 Å². The van der Waals surface area contributed by atoms with Crippen molar-refractivity contribution in [2.24, 2.45) is 0 Å². The van der Waals surface area contributed by atoms with Crippen molar-refractivity contribution in [3.63, 3.8) is 0 Å². The van der Waals surface area contributed by atoms with E-state index in [9.17, 15) is 4.79 Å². The lowest BCUT2D eigenvalue weighted by molar-refractivity contribution is 0.0631. The average molecular weight is 365 g/mol. The number of hydrogen-bond donors (Lipinski definition) is 0. The van der Waals surface area contributed by atoms with Crippen molar-refractivity contribution in [3.8, 4) is 5.75 Å². The molecule has 0 unspecified atom stereocenters. The van der Waals surface area contributed by atoms with Gasteiger partial charge >= 0.3 is 0 Å². The molecule has 0 radical (unpaired) electrons. The van der Waals surface area contributed by atoms with Gasteiger partial charge in [0.15, 0.2) is 0 Å². The highest BCUT2D eigenvalue weighted by atomic mass is 35.5. The minimum Gasteiger partial charge on any atom is -0.496 e. The van der Waals surface area contributed by atoms with E-state index in [4.69, 9.17) is 16.3 Å². The summed E-state index contributed by atoms with van der Waals surface area (Å²) in [6, 6.07) is 7.69. The van der Waals surface area contributed by atoms with Crippen LogP contribution in [0.1, 0.15) is 20.8 Å². The summed E-state index contributed by atoms with van der Waals surface area (Å²) < 4.78 is 5.41. The van der Waals surface area contributed by atoms with E-state index in [1.165, 1.54) is 11.3 Å². The van der Waals surface area contributed by atoms with Crippen LogP contribution in [0, 0.1) is 6.92 Å². The van der Waals surface area contributed by atoms with Gasteiger partial charge in [0, 0.05) is 43.3 Å². The van der Waals surface area contributed by atoms with Crippen LogP contribution in [0.25, 0.3) is 0 Å². The first-order valence-electron chi connectivity index (χ1n) is 7.96. The Hall–Kier alpha value is -1.56. The van der Waals surface area contributed by atoms with Crippen LogP contribution in [-0.4, -0.2) is 49.0 Å². The van der Waals surface area contributed by atoms with Gasteiger partial charge in [-0.05, 0) is 42.1 Å². The first-order valence-corrected chi connectivity index (χ1v) is 9.22. The summed E-state index contributed by atoms with van der Waals surface area (Å²) in [4.78, 5) is 17.7. The predicted molar refractivity (Wildman–Crippen MR) is 98.2 cm³/mol. The number of benzene rings is 1. The zero-order valence-electron chi connectivity index (χ0n) is 13.9. The smallest absolute Gasteiger partial charge is 0.264 e. The lowest BCUT2D eigenvalue weighted by Crippen LogP contribution is -2.48. The van der Waals surface area contributed by atoms with E-state index in [2.05, 4.69) is 4.90 Å². The highest BCUT2D eigenvalue weighted by Crippen LogP contribution is 2.25. The lowest BCUT2D eigenvalue weighted by Gasteiger charge is -2.34. The van der Waals surface area contributed by atoms with Crippen LogP contribution < -0.4 is 4.74 Å². The molecule has 0 saturated carbocycles. The van der Waals surface area contributed by atoms with Crippen LogP contribution in [0.3, 0.4) is 0 Å². The Balaban J connectivity index is 1.61. The highest BCUT2D eigenvalue weighted by Gasteiger charge is 2.24. The summed E-state index contributed by atoms with van der Waals surface area (Å²) in [6.45, 7) is 5.98. The Kier molecular flexibility index (Phi) is 5.43. The fourth-order valence-electron chi connectivity index (χ4n) is 2.96. The standard InChI is InChI=1S/C18H21ClN2O2S/c1-13-5-10-24-17(13)18(22)21-8-6-20(7-9-21)12-14-11-15(19)3-4-16(14)23-2/h3-5,10-11H,6-9,12H2,1-2H3. The quantitative estimate of drug-likeness (QED) is 0.829. The fraction of sp³-hybridized carbons (Fsp3) is 0.389. The molecule has 2 heterocycles. The molecule has 3 rings (SSSR count). The largest absolute Gasteiger partial charge is 0.496 e. The summed E-state index contributed by atoms with van der Waals surface area (Å²) in [7, 11) is 1.67. The number of methoxy groups -OCH3 is 1. The minimum absolute atomic E-state index is 0.155. The van der Waals surface area contributed by atoms with Crippen molar-refractivity contribution in [3.05, 3.63) is 50.7 Å². The maximum Gasteiger partial charge on any atom is 0.264 e. The van der Waals surface area contributed by atoms with E-state index in [0.29, 0.717) is 5.02 Å². The third-order valence-electron chi connectivity index (χ3n) is 4.35. The molecule has 0 N–H and O–H groups in total. The van der Waals surface area contributed by atoms with E-state index in [-0.39, 0.29) is 5.91 Å². The second-order valence-electron chi connectivity index (χ2n) is 5.96. The number of rotatable bonds is 4. The zero-order chi connectivity index (χ0) is 17.1. The maximum absolute atomic E-state index is 12.6. The first kappa shape index (κ1) is 17.3. The highest BCUT2D eigenvalue weighted by molar-refractivity contribution is 7.12. The molecule has 24 heavy (non-hydrogen) atoms. The van der Waals surface area contributed by atoms with E-state index < -0.39 is 0 Å². The van der Waals surface area contributed by atoms with Gasteiger partial charge in [0.1, 0.15) is 5.75 Å². The van der Waals surface area contributed by atoms with Crippen molar-refractivity contribution in [2.75, 3.05) is 33.3 Å². The minimum atomic E-state index is 0.155. The molecule has 1 aromatic carbocycles. The number of nitrogens with zero attached hydrogens (tertiary/aromatic N) is 2. The number of piperazine rings is 1. The summed E-state index contributed by atoms with van der Waals surface area (Å²) in [5.41, 5.74) is 2.15. The van der Waals surface area contributed by atoms with E-state index >= 15 is 0 Å². The number of aryl methyl sites for hydroxylation is 1. The Morgan fingerprint density at radius 2 is 2.00 bits per heavy atom. The van der Waals surface area contributed by atoms with E-state index in [0.717, 1.165) is 54.5 Å². The van der Waals surface area contributed by atoms with Gasteiger partial charge in [0.05, 0.1) is 12.0 Å². The second-order valence-corrected chi connectivity index (χ2v) is 7.31. The van der Waals surface area contributed by atoms with Gasteiger partial charge in [-0.15, -0.1) is 11.3 Å². The van der Waals surface area contributed by atoms with Crippen LogP contribution >= 0.6 is 22.9 Å². The van der Waals surface area contributed by atoms with Gasteiger partial charge in [-0.3, -0.25) is 9.69 Å². The number of hydrogen-bond acceptors (Lipinski definition) is 4. The van der Waals surface area contributed by atoms with Crippen LogP contribution in [0.15, 0.2) is 29.6 Å². The molecule has 1 aliphatic rings. The third kappa shape index (κ3) is 3.74. The van der Waals surface area contributed by atoms with Crippen molar-refractivity contribution >= 4 is 28.8 Å². The molecule has 0 atom stereocenters. The molecule has 1 saturated heterocycles. The van der Waals surface area contributed by atoms with Crippen molar-refractivity contribution in [2.45, 2.75) is 13.5 Å². The van der Waals surface area contributed by atoms with Gasteiger partial charge in [0.25, 0.3) is 5.91 Å². The molecule has 0 aliphatic carbocycles. The van der Waals surface area contributed by atoms with Crippen LogP contribution in [0.4, 0.5) is 0 Å². The van der Waals surface area contributed by atoms with Gasteiger partial charge in [-0.2, -0.15) is 0 Å². The van der Waals surface area contributed by atoms with Crippen molar-refractivity contribution < 1.29 is 9.53 Å². The third-order valence-corrected chi connectivity index (χ3v) is 5.59. The van der Waals surface area contributed by atoms with Gasteiger partial charge in [-0.1, -0.05) is 11.6 Å². The second kappa shape index (κ2) is 7.55. The SMILES string of the molecule is COc1ccc(Cl)cc1CN1CCN(C(=O)c2sccc2C)CC1. The number of amides is 1. The molecule has 1 amide bonds. The number of thiophene rings is 1. The molecule has 4 nitrogen and oxygen atoms in total. The Bertz CT molecular complexity index is 724. The summed E-state index contributed by atoms with van der Waals surface area (Å²) >= 11 is 7.63. The Morgan fingerprint density at radius 1 is 1.25 bits per heavy atom. The van der Waals surface area contributed by atoms with Crippen LogP contribution in [0.5, 0.6) is 5.75 Å². The van der Waals surface area contributed by atoms with Crippen molar-refractivity contribution in [1.29, 1.82) is 0 Å². The average Bonchev–Trinajstić information content (AvgIpc) is 3.01. The molecule has 0 bridgehead atoms. The van der Waals surface area contributed by atoms with E-state index in [1.54, 1.807) is 7.11 Å². The molecular formula is C18H21ClN2O2S. The van der Waals surface area contributed by atoms with Crippen LogP contribution in [-0.2, 0) is 6.54 Å². The number of ether oxygens (including phenoxy) is 1. The number of halogens is 1. The van der Waals surface area contributed by atoms with E-state index in [1.807, 2.05) is 41.5 Å². The zero-order valence-corrected chi connectivity index (χ0v) is 15.5. The van der Waals surface area contributed by atoms with Crippen molar-refractivity contribution in [1.82, 2.24) is 9.80 Å². The predicted octanol–water partition coefficient (Wildman–Crippen LogP) is 3.68. The molecule has 128 valence electrons. The molecule has 0 spiro atoms. The van der Waals surface area contributed by atoms with Gasteiger partial charge < -0.3 is 9.64 Å². The number of carbonyl (C=O) groups excluding carboxylic acids is 1. The monoisotopic (exact) mass is 364 g/mol. The summed E-state index contributed by atoms with van der Waals surface area (Å²) in [5.74, 6) is 1.01. The molecular weight excluding hydrogens is 344 g/mol. The molecule has 2 aromatic rings.